The summed E-state index contributed by atoms with van der Waals surface area (Å²) in [7, 11) is -9.60. The lowest BCUT2D eigenvalue weighted by molar-refractivity contribution is 0.101. The van der Waals surface area contributed by atoms with Gasteiger partial charge in [-0.15, -0.1) is 0 Å². The molecule has 0 aliphatic heterocycles. The summed E-state index contributed by atoms with van der Waals surface area (Å²) < 4.78 is 68.2. The molecule has 0 aliphatic carbocycles. The zero-order valence-corrected chi connectivity index (χ0v) is 23.2. The molecule has 0 aliphatic rings. The Bertz CT molecular complexity index is 1820. The summed E-state index contributed by atoms with van der Waals surface area (Å²) in [6, 6.07) is 19.5. The first-order chi connectivity index (χ1) is 19.7. The minimum atomic E-state index is -4.80. The standard InChI is InChI=1S/C28H24N4O8S2/c29-21-5-1-3-19(13-21)27(33)31-23-11-9-17(25(15-23)41(35,36)37)7-8-18-10-12-24(16-26(18)42(38,39)40)32-28(34)20-4-2-6-22(30)14-20/h1-16H,29-30H2,(H,31,33)(H,32,34)(H,35,36,37)(H,38,39,40). The van der Waals surface area contributed by atoms with Crippen molar-refractivity contribution in [1.29, 1.82) is 0 Å². The van der Waals surface area contributed by atoms with Crippen LogP contribution in [-0.2, 0) is 20.2 Å². The van der Waals surface area contributed by atoms with Gasteiger partial charge in [-0.2, -0.15) is 16.8 Å². The maximum atomic E-state index is 12.5. The average molecular weight is 609 g/mol. The van der Waals surface area contributed by atoms with E-state index in [1.807, 2.05) is 0 Å². The van der Waals surface area contributed by atoms with E-state index < -0.39 is 41.8 Å². The first kappa shape index (κ1) is 30.0. The summed E-state index contributed by atoms with van der Waals surface area (Å²) >= 11 is 0. The molecular weight excluding hydrogens is 584 g/mol. The summed E-state index contributed by atoms with van der Waals surface area (Å²) in [4.78, 5) is 23.9. The quantitative estimate of drug-likeness (QED) is 0.0958. The maximum Gasteiger partial charge on any atom is 0.295 e. The molecule has 0 saturated heterocycles. The van der Waals surface area contributed by atoms with Crippen molar-refractivity contribution < 1.29 is 35.5 Å². The van der Waals surface area contributed by atoms with Gasteiger partial charge in [-0.25, -0.2) is 0 Å². The molecule has 12 nitrogen and oxygen atoms in total. The van der Waals surface area contributed by atoms with E-state index in [4.69, 9.17) is 11.5 Å². The second-order valence-electron chi connectivity index (χ2n) is 8.95. The highest BCUT2D eigenvalue weighted by Gasteiger charge is 2.19. The van der Waals surface area contributed by atoms with Crippen LogP contribution in [0.3, 0.4) is 0 Å². The molecule has 216 valence electrons. The summed E-state index contributed by atoms with van der Waals surface area (Å²) in [6.45, 7) is 0. The zero-order chi connectivity index (χ0) is 30.7. The van der Waals surface area contributed by atoms with Crippen molar-refractivity contribution in [2.24, 2.45) is 0 Å². The number of hydrogen-bond donors (Lipinski definition) is 6. The number of nitrogen functional groups attached to an aromatic ring is 2. The Morgan fingerprint density at radius 3 is 1.31 bits per heavy atom. The van der Waals surface area contributed by atoms with Gasteiger partial charge in [0.25, 0.3) is 32.1 Å². The molecule has 4 rings (SSSR count). The molecule has 0 aromatic heterocycles. The van der Waals surface area contributed by atoms with Gasteiger partial charge >= 0.3 is 0 Å². The second kappa shape index (κ2) is 11.8. The van der Waals surface area contributed by atoms with Crippen LogP contribution in [-0.4, -0.2) is 37.8 Å². The number of nitrogens with one attached hydrogen (secondary N) is 2. The highest BCUT2D eigenvalue weighted by atomic mass is 32.2. The number of hydrogen-bond acceptors (Lipinski definition) is 8. The summed E-state index contributed by atoms with van der Waals surface area (Å²) in [5.74, 6) is -1.15. The topological polar surface area (TPSA) is 219 Å². The van der Waals surface area contributed by atoms with Gasteiger partial charge in [0.1, 0.15) is 9.79 Å². The van der Waals surface area contributed by atoms with Gasteiger partial charge in [0.05, 0.1) is 0 Å². The molecule has 8 N–H and O–H groups in total. The number of amides is 2. The molecule has 0 fully saturated rings. The van der Waals surface area contributed by atoms with E-state index in [-0.39, 0.29) is 33.6 Å². The van der Waals surface area contributed by atoms with Crippen molar-refractivity contribution in [3.05, 3.63) is 107 Å². The molecule has 4 aromatic rings. The molecule has 0 bridgehead atoms. The van der Waals surface area contributed by atoms with E-state index in [0.29, 0.717) is 11.4 Å². The Balaban J connectivity index is 1.64. The van der Waals surface area contributed by atoms with E-state index in [9.17, 15) is 35.5 Å². The first-order valence-electron chi connectivity index (χ1n) is 12.0. The van der Waals surface area contributed by atoms with Crippen molar-refractivity contribution >= 4 is 67.0 Å². The maximum absolute atomic E-state index is 12.5. The van der Waals surface area contributed by atoms with Crippen molar-refractivity contribution in [2.75, 3.05) is 22.1 Å². The highest BCUT2D eigenvalue weighted by Crippen LogP contribution is 2.27. The number of carbonyl (C=O) groups excluding carboxylic acids is 2. The third-order valence-electron chi connectivity index (χ3n) is 5.84. The van der Waals surface area contributed by atoms with Crippen LogP contribution in [0.5, 0.6) is 0 Å². The minimum absolute atomic E-state index is 0.0473. The van der Waals surface area contributed by atoms with Crippen LogP contribution in [0.1, 0.15) is 31.8 Å². The average Bonchev–Trinajstić information content (AvgIpc) is 2.91. The third kappa shape index (κ3) is 7.38. The Morgan fingerprint density at radius 1 is 0.595 bits per heavy atom. The lowest BCUT2D eigenvalue weighted by Crippen LogP contribution is -2.13. The fraction of sp³-hybridized carbons (Fsp3) is 0. The van der Waals surface area contributed by atoms with E-state index in [0.717, 1.165) is 12.1 Å². The molecule has 14 heteroatoms. The SMILES string of the molecule is Nc1cccc(C(=O)Nc2ccc(C=Cc3ccc(NC(=O)c4cccc(N)c4)cc3S(=O)(=O)O)c(S(=O)(=O)O)c2)c1. The van der Waals surface area contributed by atoms with Gasteiger partial charge in [-0.3, -0.25) is 18.7 Å². The monoisotopic (exact) mass is 608 g/mol. The highest BCUT2D eigenvalue weighted by molar-refractivity contribution is 7.86. The van der Waals surface area contributed by atoms with E-state index in [1.165, 1.54) is 60.7 Å². The van der Waals surface area contributed by atoms with Crippen LogP contribution in [0.2, 0.25) is 0 Å². The lowest BCUT2D eigenvalue weighted by atomic mass is 10.1. The Labute approximate surface area is 241 Å². The van der Waals surface area contributed by atoms with Crippen LogP contribution >= 0.6 is 0 Å². The fourth-order valence-corrected chi connectivity index (χ4v) is 5.31. The molecule has 0 saturated carbocycles. The van der Waals surface area contributed by atoms with Crippen molar-refractivity contribution in [3.8, 4) is 0 Å². The van der Waals surface area contributed by atoms with E-state index in [2.05, 4.69) is 10.6 Å². The minimum Gasteiger partial charge on any atom is -0.399 e. The third-order valence-corrected chi connectivity index (χ3v) is 7.66. The van der Waals surface area contributed by atoms with Gasteiger partial charge < -0.3 is 22.1 Å². The van der Waals surface area contributed by atoms with Crippen molar-refractivity contribution in [3.63, 3.8) is 0 Å². The summed E-state index contributed by atoms with van der Waals surface area (Å²) in [6.07, 6.45) is 2.39. The van der Waals surface area contributed by atoms with Crippen LogP contribution in [0, 0.1) is 0 Å². The molecule has 0 unspecified atom stereocenters. The molecule has 0 heterocycles. The number of benzene rings is 4. The first-order valence-corrected chi connectivity index (χ1v) is 14.8. The molecule has 2 amide bonds. The van der Waals surface area contributed by atoms with Crippen LogP contribution in [0.4, 0.5) is 22.7 Å². The molecule has 0 spiro atoms. The van der Waals surface area contributed by atoms with Crippen LogP contribution < -0.4 is 22.1 Å². The van der Waals surface area contributed by atoms with Crippen molar-refractivity contribution in [1.82, 2.24) is 0 Å². The largest absolute Gasteiger partial charge is 0.399 e. The number of rotatable bonds is 8. The normalized spacial score (nSPS) is 11.8. The van der Waals surface area contributed by atoms with E-state index in [1.54, 1.807) is 24.3 Å². The molecule has 4 aromatic carbocycles. The lowest BCUT2D eigenvalue weighted by Gasteiger charge is -2.11. The van der Waals surface area contributed by atoms with Gasteiger partial charge in [0, 0.05) is 33.9 Å². The van der Waals surface area contributed by atoms with Gasteiger partial charge in [0.2, 0.25) is 0 Å². The fourth-order valence-electron chi connectivity index (χ4n) is 3.89. The predicted molar refractivity (Wildman–Crippen MR) is 159 cm³/mol. The van der Waals surface area contributed by atoms with E-state index >= 15 is 0 Å². The number of anilines is 4. The molecule has 42 heavy (non-hydrogen) atoms. The Hall–Kier alpha value is -5.02. The molecule has 0 radical (unpaired) electrons. The van der Waals surface area contributed by atoms with Gasteiger partial charge in [-0.05, 0) is 71.8 Å². The zero-order valence-electron chi connectivity index (χ0n) is 21.6. The smallest absolute Gasteiger partial charge is 0.295 e. The van der Waals surface area contributed by atoms with Gasteiger partial charge in [-0.1, -0.05) is 36.4 Å². The number of nitrogens with two attached hydrogens (primary N) is 2. The molecule has 0 atom stereocenters. The van der Waals surface area contributed by atoms with Crippen LogP contribution in [0.25, 0.3) is 12.2 Å². The second-order valence-corrected chi connectivity index (χ2v) is 11.7. The molecular formula is C28H24N4O8S2. The predicted octanol–water partition coefficient (Wildman–Crippen LogP) is 4.02. The van der Waals surface area contributed by atoms with Crippen molar-refractivity contribution in [2.45, 2.75) is 9.79 Å². The number of carbonyl (C=O) groups is 2. The van der Waals surface area contributed by atoms with Gasteiger partial charge in [0.15, 0.2) is 0 Å². The van der Waals surface area contributed by atoms with Crippen LogP contribution in [0.15, 0.2) is 94.7 Å². The summed E-state index contributed by atoms with van der Waals surface area (Å²) in [5, 5.41) is 5.03. The Kier molecular flexibility index (Phi) is 8.44. The summed E-state index contributed by atoms with van der Waals surface area (Å²) in [5.41, 5.74) is 12.5. The Morgan fingerprint density at radius 2 is 0.976 bits per heavy atom.